The summed E-state index contributed by atoms with van der Waals surface area (Å²) in [5.74, 6) is 0. The van der Waals surface area contributed by atoms with Gasteiger partial charge in [-0.2, -0.15) is 13.2 Å². The van der Waals surface area contributed by atoms with Gasteiger partial charge < -0.3 is 5.32 Å². The number of hydrogen-bond donors (Lipinski definition) is 1. The Morgan fingerprint density at radius 3 is 2.35 bits per heavy atom. The third-order valence-corrected chi connectivity index (χ3v) is 5.39. The Hall–Kier alpha value is -2.66. The number of anilines is 2. The summed E-state index contributed by atoms with van der Waals surface area (Å²) in [7, 11) is 0. The average Bonchev–Trinajstić information content (AvgIpc) is 2.64. The van der Waals surface area contributed by atoms with Crippen LogP contribution in [0.3, 0.4) is 0 Å². The van der Waals surface area contributed by atoms with Crippen LogP contribution in [0.15, 0.2) is 83.1 Å². The van der Waals surface area contributed by atoms with Gasteiger partial charge >= 0.3 is 6.18 Å². The van der Waals surface area contributed by atoms with E-state index in [9.17, 15) is 13.2 Å². The molecule has 26 heavy (non-hydrogen) atoms. The quantitative estimate of drug-likeness (QED) is 0.409. The molecule has 3 aromatic carbocycles. The molecule has 0 amide bonds. The summed E-state index contributed by atoms with van der Waals surface area (Å²) in [6.07, 6.45) is -4.37. The van der Waals surface area contributed by atoms with E-state index in [-0.39, 0.29) is 0 Å². The third-order valence-electron chi connectivity index (χ3n) is 4.24. The van der Waals surface area contributed by atoms with E-state index in [1.807, 2.05) is 42.5 Å². The highest BCUT2D eigenvalue weighted by Gasteiger charge is 2.30. The first-order chi connectivity index (χ1) is 12.4. The second kappa shape index (κ2) is 6.25. The van der Waals surface area contributed by atoms with Gasteiger partial charge in [-0.25, -0.2) is 0 Å². The Morgan fingerprint density at radius 1 is 0.808 bits per heavy atom. The highest BCUT2D eigenvalue weighted by Crippen LogP contribution is 2.45. The summed E-state index contributed by atoms with van der Waals surface area (Å²) in [6.45, 7) is 4.01. The normalized spacial score (nSPS) is 12.7. The molecule has 130 valence electrons. The van der Waals surface area contributed by atoms with Gasteiger partial charge in [0.15, 0.2) is 0 Å². The van der Waals surface area contributed by atoms with Gasteiger partial charge in [0.1, 0.15) is 0 Å². The summed E-state index contributed by atoms with van der Waals surface area (Å²) < 4.78 is 38.9. The predicted octanol–water partition coefficient (Wildman–Crippen LogP) is 6.98. The van der Waals surface area contributed by atoms with E-state index in [0.717, 1.165) is 38.9 Å². The molecule has 0 spiro atoms. The van der Waals surface area contributed by atoms with Crippen LogP contribution in [0.1, 0.15) is 16.7 Å². The molecule has 0 atom stereocenters. The number of hydrogen-bond acceptors (Lipinski definition) is 2. The maximum absolute atomic E-state index is 13.0. The molecular formula is C21H14F3NS. The fraction of sp³-hybridized carbons (Fsp3) is 0.0476. The van der Waals surface area contributed by atoms with Crippen LogP contribution in [0.4, 0.5) is 24.5 Å². The molecule has 0 unspecified atom stereocenters. The van der Waals surface area contributed by atoms with Crippen molar-refractivity contribution < 1.29 is 13.2 Å². The number of para-hydroxylation sites is 1. The van der Waals surface area contributed by atoms with E-state index in [2.05, 4.69) is 11.9 Å². The van der Waals surface area contributed by atoms with Crippen LogP contribution < -0.4 is 5.32 Å². The number of rotatable bonds is 2. The summed E-state index contributed by atoms with van der Waals surface area (Å²) in [4.78, 5) is 2.22. The number of fused-ring (bicyclic) bond motifs is 2. The zero-order valence-corrected chi connectivity index (χ0v) is 14.4. The predicted molar refractivity (Wildman–Crippen MR) is 99.9 cm³/mol. The molecule has 1 N–H and O–H groups in total. The van der Waals surface area contributed by atoms with E-state index >= 15 is 0 Å². The van der Waals surface area contributed by atoms with Crippen molar-refractivity contribution in [2.24, 2.45) is 0 Å². The first kappa shape index (κ1) is 16.8. The van der Waals surface area contributed by atoms with Crippen LogP contribution in [0, 0.1) is 0 Å². The van der Waals surface area contributed by atoms with Gasteiger partial charge in [-0.1, -0.05) is 48.7 Å². The SMILES string of the molecule is C=C(c1cccc(C(F)(F)F)c1)c1ccc2c(c1)Nc1ccccc1S2. The standard InChI is InChI=1S/C21H14F3NS/c1-13(14-5-4-6-16(11-14)21(22,23)24)15-9-10-20-18(12-15)25-17-7-2-3-8-19(17)26-20/h2-12,25H,1H2. The second-order valence-corrected chi connectivity index (χ2v) is 7.08. The molecule has 3 aromatic rings. The largest absolute Gasteiger partial charge is 0.416 e. The Bertz CT molecular complexity index is 1010. The van der Waals surface area contributed by atoms with E-state index in [1.54, 1.807) is 17.8 Å². The first-order valence-corrected chi connectivity index (χ1v) is 8.78. The van der Waals surface area contributed by atoms with Gasteiger partial charge in [0, 0.05) is 9.79 Å². The van der Waals surface area contributed by atoms with Crippen LogP contribution in [0.5, 0.6) is 0 Å². The minimum absolute atomic E-state index is 0.462. The third kappa shape index (κ3) is 3.10. The molecule has 0 bridgehead atoms. The van der Waals surface area contributed by atoms with Gasteiger partial charge in [-0.15, -0.1) is 0 Å². The van der Waals surface area contributed by atoms with Crippen molar-refractivity contribution in [3.63, 3.8) is 0 Å². The van der Waals surface area contributed by atoms with Crippen LogP contribution in [-0.4, -0.2) is 0 Å². The molecule has 0 saturated heterocycles. The number of nitrogens with one attached hydrogen (secondary N) is 1. The Morgan fingerprint density at radius 2 is 1.54 bits per heavy atom. The fourth-order valence-electron chi connectivity index (χ4n) is 2.88. The Balaban J connectivity index is 1.67. The monoisotopic (exact) mass is 369 g/mol. The van der Waals surface area contributed by atoms with Crippen LogP contribution in [0.25, 0.3) is 5.57 Å². The molecule has 1 aliphatic rings. The number of benzene rings is 3. The lowest BCUT2D eigenvalue weighted by atomic mass is 9.97. The summed E-state index contributed by atoms with van der Waals surface area (Å²) in [6, 6.07) is 19.1. The maximum atomic E-state index is 13.0. The second-order valence-electron chi connectivity index (χ2n) is 5.99. The van der Waals surface area contributed by atoms with Crippen LogP contribution in [-0.2, 0) is 6.18 Å². The maximum Gasteiger partial charge on any atom is 0.416 e. The molecule has 0 radical (unpaired) electrons. The van der Waals surface area contributed by atoms with Crippen molar-refractivity contribution in [1.82, 2.24) is 0 Å². The van der Waals surface area contributed by atoms with Gasteiger partial charge in [0.05, 0.1) is 16.9 Å². The van der Waals surface area contributed by atoms with Crippen LogP contribution in [0.2, 0.25) is 0 Å². The van der Waals surface area contributed by atoms with Crippen molar-refractivity contribution in [2.75, 3.05) is 5.32 Å². The van der Waals surface area contributed by atoms with Crippen LogP contribution >= 0.6 is 11.8 Å². The fourth-order valence-corrected chi connectivity index (χ4v) is 3.85. The molecule has 5 heteroatoms. The minimum Gasteiger partial charge on any atom is -0.354 e. The summed E-state index contributed by atoms with van der Waals surface area (Å²) >= 11 is 1.66. The van der Waals surface area contributed by atoms with Gasteiger partial charge in [-0.3, -0.25) is 0 Å². The lowest BCUT2D eigenvalue weighted by molar-refractivity contribution is -0.137. The van der Waals surface area contributed by atoms with Gasteiger partial charge in [0.25, 0.3) is 0 Å². The number of halogens is 3. The van der Waals surface area contributed by atoms with E-state index < -0.39 is 11.7 Å². The molecule has 0 fully saturated rings. The van der Waals surface area contributed by atoms with E-state index in [4.69, 9.17) is 0 Å². The van der Waals surface area contributed by atoms with Gasteiger partial charge in [0.2, 0.25) is 0 Å². The lowest BCUT2D eigenvalue weighted by Gasteiger charge is -2.21. The molecule has 1 aliphatic heterocycles. The smallest absolute Gasteiger partial charge is 0.354 e. The zero-order chi connectivity index (χ0) is 18.3. The minimum atomic E-state index is -4.37. The highest BCUT2D eigenvalue weighted by atomic mass is 32.2. The average molecular weight is 369 g/mol. The Labute approximate surface area is 153 Å². The molecular weight excluding hydrogens is 355 g/mol. The highest BCUT2D eigenvalue weighted by molar-refractivity contribution is 7.99. The topological polar surface area (TPSA) is 12.0 Å². The summed E-state index contributed by atoms with van der Waals surface area (Å²) in [5, 5.41) is 3.38. The molecule has 1 heterocycles. The van der Waals surface area contributed by atoms with E-state index in [0.29, 0.717) is 11.1 Å². The van der Waals surface area contributed by atoms with Crippen molar-refractivity contribution in [3.8, 4) is 0 Å². The molecule has 4 rings (SSSR count). The van der Waals surface area contributed by atoms with Crippen molar-refractivity contribution in [2.45, 2.75) is 16.0 Å². The van der Waals surface area contributed by atoms with Crippen molar-refractivity contribution >= 4 is 28.7 Å². The van der Waals surface area contributed by atoms with Gasteiger partial charge in [-0.05, 0) is 53.1 Å². The molecule has 0 aliphatic carbocycles. The van der Waals surface area contributed by atoms with Crippen molar-refractivity contribution in [1.29, 1.82) is 0 Å². The van der Waals surface area contributed by atoms with E-state index in [1.165, 1.54) is 6.07 Å². The molecule has 0 aromatic heterocycles. The lowest BCUT2D eigenvalue weighted by Crippen LogP contribution is -2.05. The molecule has 0 saturated carbocycles. The summed E-state index contributed by atoms with van der Waals surface area (Å²) in [5.41, 5.74) is 3.09. The first-order valence-electron chi connectivity index (χ1n) is 7.97. The zero-order valence-electron chi connectivity index (χ0n) is 13.6. The van der Waals surface area contributed by atoms with Crippen molar-refractivity contribution in [3.05, 3.63) is 90.0 Å². The number of alkyl halides is 3. The Kier molecular flexibility index (Phi) is 4.04. The molecule has 1 nitrogen and oxygen atoms in total.